The number of carbonyl (C=O) groups is 1. The molecule has 1 aliphatic rings. The molecule has 0 radical (unpaired) electrons. The smallest absolute Gasteiger partial charge is 0.333 e. The van der Waals surface area contributed by atoms with Crippen molar-refractivity contribution < 1.29 is 9.53 Å². The molecule has 1 aromatic rings. The molecule has 1 aliphatic heterocycles. The molecule has 78 valence electrons. The van der Waals surface area contributed by atoms with E-state index >= 15 is 0 Å². The van der Waals surface area contributed by atoms with Gasteiger partial charge in [0.05, 0.1) is 6.54 Å². The molecule has 1 atom stereocenters. The number of carbonyl (C=O) groups excluding carboxylic acids is 1. The van der Waals surface area contributed by atoms with Crippen LogP contribution in [0.1, 0.15) is 18.6 Å². The van der Waals surface area contributed by atoms with Crippen molar-refractivity contribution in [2.45, 2.75) is 13.0 Å². The number of hydrogen-bond donors (Lipinski definition) is 1. The number of benzene rings is 1. The standard InChI is InChI=1S/C12H13NO2/c1-8(2)12(14)15-11-7-13-10-6-4-3-5-9(10)11/h3-6,11,13H,1,7H2,2H3. The van der Waals surface area contributed by atoms with Gasteiger partial charge in [-0.3, -0.25) is 0 Å². The number of para-hydroxylation sites is 1. The Morgan fingerprint density at radius 2 is 2.27 bits per heavy atom. The summed E-state index contributed by atoms with van der Waals surface area (Å²) in [7, 11) is 0. The molecule has 0 spiro atoms. The molecule has 3 nitrogen and oxygen atoms in total. The lowest BCUT2D eigenvalue weighted by atomic mass is 10.1. The van der Waals surface area contributed by atoms with Crippen LogP contribution in [-0.2, 0) is 9.53 Å². The highest BCUT2D eigenvalue weighted by molar-refractivity contribution is 5.87. The third-order valence-electron chi connectivity index (χ3n) is 2.38. The molecule has 3 heteroatoms. The lowest BCUT2D eigenvalue weighted by Crippen LogP contribution is -2.13. The zero-order valence-electron chi connectivity index (χ0n) is 8.62. The van der Waals surface area contributed by atoms with Gasteiger partial charge in [-0.15, -0.1) is 0 Å². The van der Waals surface area contributed by atoms with Crippen molar-refractivity contribution in [1.29, 1.82) is 0 Å². The number of hydrogen-bond acceptors (Lipinski definition) is 3. The van der Waals surface area contributed by atoms with Gasteiger partial charge in [0.1, 0.15) is 6.10 Å². The van der Waals surface area contributed by atoms with Gasteiger partial charge in [0.2, 0.25) is 0 Å². The molecule has 0 fully saturated rings. The van der Waals surface area contributed by atoms with Gasteiger partial charge < -0.3 is 10.1 Å². The van der Waals surface area contributed by atoms with E-state index in [0.29, 0.717) is 12.1 Å². The van der Waals surface area contributed by atoms with Crippen molar-refractivity contribution in [3.05, 3.63) is 42.0 Å². The van der Waals surface area contributed by atoms with Gasteiger partial charge in [0.25, 0.3) is 0 Å². The summed E-state index contributed by atoms with van der Waals surface area (Å²) in [6.07, 6.45) is -0.189. The molecule has 1 aromatic carbocycles. The van der Waals surface area contributed by atoms with Gasteiger partial charge in [-0.1, -0.05) is 24.8 Å². The fourth-order valence-electron chi connectivity index (χ4n) is 1.59. The first-order chi connectivity index (χ1) is 7.18. The zero-order chi connectivity index (χ0) is 10.8. The Morgan fingerprint density at radius 3 is 3.00 bits per heavy atom. The molecule has 15 heavy (non-hydrogen) atoms. The third kappa shape index (κ3) is 1.86. The SMILES string of the molecule is C=C(C)C(=O)OC1CNc2ccccc21. The van der Waals surface area contributed by atoms with Gasteiger partial charge in [0, 0.05) is 16.8 Å². The van der Waals surface area contributed by atoms with Crippen LogP contribution in [0.4, 0.5) is 5.69 Å². The van der Waals surface area contributed by atoms with Gasteiger partial charge in [-0.05, 0) is 13.0 Å². The Hall–Kier alpha value is -1.77. The summed E-state index contributed by atoms with van der Waals surface area (Å²) in [6, 6.07) is 7.83. The number of anilines is 1. The molecule has 0 amide bonds. The molecule has 0 bridgehead atoms. The lowest BCUT2D eigenvalue weighted by molar-refractivity contribution is -0.143. The summed E-state index contributed by atoms with van der Waals surface area (Å²) in [5, 5.41) is 3.19. The van der Waals surface area contributed by atoms with Gasteiger partial charge in [-0.2, -0.15) is 0 Å². The Balaban J connectivity index is 2.14. The fraction of sp³-hybridized carbons (Fsp3) is 0.250. The van der Waals surface area contributed by atoms with Crippen LogP contribution in [-0.4, -0.2) is 12.5 Å². The Morgan fingerprint density at radius 1 is 1.53 bits per heavy atom. The summed E-state index contributed by atoms with van der Waals surface area (Å²) in [4.78, 5) is 11.4. The van der Waals surface area contributed by atoms with E-state index in [2.05, 4.69) is 11.9 Å². The van der Waals surface area contributed by atoms with Crippen LogP contribution in [0.3, 0.4) is 0 Å². The van der Waals surface area contributed by atoms with Crippen LogP contribution in [0.5, 0.6) is 0 Å². The minimum atomic E-state index is -0.335. The second-order valence-electron chi connectivity index (χ2n) is 3.64. The normalized spacial score (nSPS) is 17.8. The molecule has 2 rings (SSSR count). The second-order valence-corrected chi connectivity index (χ2v) is 3.64. The lowest BCUT2D eigenvalue weighted by Gasteiger charge is -2.11. The van der Waals surface area contributed by atoms with Crippen molar-refractivity contribution in [1.82, 2.24) is 0 Å². The van der Waals surface area contributed by atoms with E-state index < -0.39 is 0 Å². The van der Waals surface area contributed by atoms with Gasteiger partial charge >= 0.3 is 5.97 Å². The Kier molecular flexibility index (Phi) is 2.46. The first-order valence-corrected chi connectivity index (χ1v) is 4.88. The Labute approximate surface area is 88.8 Å². The maximum Gasteiger partial charge on any atom is 0.333 e. The molecular formula is C12H13NO2. The number of rotatable bonds is 2. The van der Waals surface area contributed by atoms with Crippen LogP contribution in [0, 0.1) is 0 Å². The largest absolute Gasteiger partial charge is 0.452 e. The molecular weight excluding hydrogens is 190 g/mol. The predicted molar refractivity (Wildman–Crippen MR) is 58.6 cm³/mol. The molecule has 0 aliphatic carbocycles. The predicted octanol–water partition coefficient (Wildman–Crippen LogP) is 2.27. The summed E-state index contributed by atoms with van der Waals surface area (Å²) in [6.45, 7) is 5.84. The van der Waals surface area contributed by atoms with E-state index in [0.717, 1.165) is 11.3 Å². The highest BCUT2D eigenvalue weighted by Gasteiger charge is 2.24. The van der Waals surface area contributed by atoms with Crippen molar-refractivity contribution >= 4 is 11.7 Å². The van der Waals surface area contributed by atoms with Crippen molar-refractivity contribution in [2.24, 2.45) is 0 Å². The maximum absolute atomic E-state index is 11.4. The van der Waals surface area contributed by atoms with E-state index in [4.69, 9.17) is 4.74 Å². The van der Waals surface area contributed by atoms with E-state index in [1.54, 1.807) is 6.92 Å². The van der Waals surface area contributed by atoms with Crippen LogP contribution >= 0.6 is 0 Å². The van der Waals surface area contributed by atoms with Gasteiger partial charge in [0.15, 0.2) is 0 Å². The minimum Gasteiger partial charge on any atom is -0.452 e. The molecule has 0 saturated heterocycles. The second kappa shape index (κ2) is 3.77. The Bertz CT molecular complexity index is 412. The highest BCUT2D eigenvalue weighted by Crippen LogP contribution is 2.32. The summed E-state index contributed by atoms with van der Waals surface area (Å²) < 4.78 is 5.30. The number of nitrogens with one attached hydrogen (secondary N) is 1. The average Bonchev–Trinajstić information content (AvgIpc) is 2.62. The molecule has 1 unspecified atom stereocenters. The monoisotopic (exact) mass is 203 g/mol. The van der Waals surface area contributed by atoms with E-state index in [1.165, 1.54) is 0 Å². The van der Waals surface area contributed by atoms with Gasteiger partial charge in [-0.25, -0.2) is 4.79 Å². The van der Waals surface area contributed by atoms with E-state index in [-0.39, 0.29) is 12.1 Å². The number of ether oxygens (including phenoxy) is 1. The average molecular weight is 203 g/mol. The zero-order valence-corrected chi connectivity index (χ0v) is 8.62. The van der Waals surface area contributed by atoms with Crippen molar-refractivity contribution in [3.63, 3.8) is 0 Å². The number of fused-ring (bicyclic) bond motifs is 1. The molecule has 0 saturated carbocycles. The first kappa shape index (κ1) is 9.77. The fourth-order valence-corrected chi connectivity index (χ4v) is 1.59. The molecule has 1 heterocycles. The van der Waals surface area contributed by atoms with Crippen LogP contribution in [0.25, 0.3) is 0 Å². The molecule has 0 aromatic heterocycles. The van der Waals surface area contributed by atoms with Crippen LogP contribution < -0.4 is 5.32 Å². The van der Waals surface area contributed by atoms with Crippen LogP contribution in [0.2, 0.25) is 0 Å². The van der Waals surface area contributed by atoms with Crippen molar-refractivity contribution in [3.8, 4) is 0 Å². The quantitative estimate of drug-likeness (QED) is 0.592. The van der Waals surface area contributed by atoms with E-state index in [1.807, 2.05) is 24.3 Å². The number of esters is 1. The first-order valence-electron chi connectivity index (χ1n) is 4.88. The summed E-state index contributed by atoms with van der Waals surface area (Å²) >= 11 is 0. The van der Waals surface area contributed by atoms with E-state index in [9.17, 15) is 4.79 Å². The van der Waals surface area contributed by atoms with Crippen LogP contribution in [0.15, 0.2) is 36.4 Å². The summed E-state index contributed by atoms with van der Waals surface area (Å²) in [5.41, 5.74) is 2.50. The molecule has 1 N–H and O–H groups in total. The highest BCUT2D eigenvalue weighted by atomic mass is 16.5. The van der Waals surface area contributed by atoms with Crippen molar-refractivity contribution in [2.75, 3.05) is 11.9 Å². The maximum atomic E-state index is 11.4. The summed E-state index contributed by atoms with van der Waals surface area (Å²) in [5.74, 6) is -0.335. The third-order valence-corrected chi connectivity index (χ3v) is 2.38. The minimum absolute atomic E-state index is 0.189. The topological polar surface area (TPSA) is 38.3 Å².